The van der Waals surface area contributed by atoms with E-state index >= 15 is 0 Å². The number of pyridine rings is 1. The Bertz CT molecular complexity index is 830. The van der Waals surface area contributed by atoms with Gasteiger partial charge in [-0.15, -0.1) is 0 Å². The van der Waals surface area contributed by atoms with Gasteiger partial charge in [-0.3, -0.25) is 14.0 Å². The van der Waals surface area contributed by atoms with E-state index in [1.54, 1.807) is 25.2 Å². The van der Waals surface area contributed by atoms with Crippen molar-refractivity contribution in [1.29, 1.82) is 0 Å². The Labute approximate surface area is 185 Å². The molecule has 2 heterocycles. The predicted octanol–water partition coefficient (Wildman–Crippen LogP) is 2.66. The van der Waals surface area contributed by atoms with E-state index in [-0.39, 0.29) is 12.6 Å². The van der Waals surface area contributed by atoms with Gasteiger partial charge in [0.05, 0.1) is 32.0 Å². The van der Waals surface area contributed by atoms with Crippen molar-refractivity contribution in [3.63, 3.8) is 0 Å². The van der Waals surface area contributed by atoms with Gasteiger partial charge in [0.15, 0.2) is 5.65 Å². The van der Waals surface area contributed by atoms with Crippen LogP contribution in [0.2, 0.25) is 0 Å². The lowest BCUT2D eigenvalue weighted by molar-refractivity contribution is -0.829. The summed E-state index contributed by atoms with van der Waals surface area (Å²) in [5.41, 5.74) is 1.87. The number of aliphatic hydroxyl groups excluding tert-OH is 1. The SMILES string of the molecule is CC[N+](C)(CCN(C)c1cc(SNCCCO)cn2c(Br)cnc12)C(=O)N(C)C. The molecule has 0 aliphatic rings. The number of carbonyl (C=O) groups is 1. The molecule has 2 aromatic rings. The molecule has 1 unspecified atom stereocenters. The van der Waals surface area contributed by atoms with Crippen LogP contribution in [0.3, 0.4) is 0 Å². The largest absolute Gasteiger partial charge is 0.418 e. The van der Waals surface area contributed by atoms with Crippen molar-refractivity contribution in [3.8, 4) is 0 Å². The molecule has 0 saturated carbocycles. The Morgan fingerprint density at radius 3 is 2.76 bits per heavy atom. The number of nitrogens with zero attached hydrogens (tertiary/aromatic N) is 5. The molecule has 0 aliphatic carbocycles. The number of hydrogen-bond donors (Lipinski definition) is 2. The van der Waals surface area contributed by atoms with Crippen LogP contribution in [-0.2, 0) is 0 Å². The second-order valence-electron chi connectivity index (χ2n) is 7.44. The van der Waals surface area contributed by atoms with E-state index in [1.807, 2.05) is 31.6 Å². The first-order chi connectivity index (χ1) is 13.7. The topological polar surface area (TPSA) is 73.1 Å². The number of halogens is 1. The van der Waals surface area contributed by atoms with Crippen LogP contribution in [0.15, 0.2) is 28.0 Å². The highest BCUT2D eigenvalue weighted by Gasteiger charge is 2.32. The number of amides is 2. The van der Waals surface area contributed by atoms with Gasteiger partial charge in [0.1, 0.15) is 11.1 Å². The molecule has 2 rings (SSSR count). The number of quaternary nitrogens is 1. The number of imidazole rings is 1. The normalized spacial score (nSPS) is 13.5. The van der Waals surface area contributed by atoms with E-state index in [4.69, 9.17) is 5.11 Å². The van der Waals surface area contributed by atoms with Gasteiger partial charge in [-0.25, -0.2) is 14.3 Å². The van der Waals surface area contributed by atoms with Crippen molar-refractivity contribution >= 4 is 45.2 Å². The van der Waals surface area contributed by atoms with E-state index in [2.05, 4.69) is 36.6 Å². The molecule has 0 fully saturated rings. The lowest BCUT2D eigenvalue weighted by atomic mass is 10.3. The fraction of sp³-hybridized carbons (Fsp3) is 0.579. The highest BCUT2D eigenvalue weighted by atomic mass is 79.9. The lowest BCUT2D eigenvalue weighted by Gasteiger charge is -2.34. The summed E-state index contributed by atoms with van der Waals surface area (Å²) in [5, 5.41) is 8.95. The third-order valence-corrected chi connectivity index (χ3v) is 6.42. The Morgan fingerprint density at radius 2 is 2.14 bits per heavy atom. The van der Waals surface area contributed by atoms with E-state index in [9.17, 15) is 4.79 Å². The molecule has 2 N–H and O–H groups in total. The number of urea groups is 1. The molecule has 0 aromatic carbocycles. The predicted molar refractivity (Wildman–Crippen MR) is 122 cm³/mol. The fourth-order valence-electron chi connectivity index (χ4n) is 3.00. The zero-order chi connectivity index (χ0) is 21.6. The van der Waals surface area contributed by atoms with Crippen LogP contribution in [0.5, 0.6) is 0 Å². The lowest BCUT2D eigenvalue weighted by Crippen LogP contribution is -2.56. The first kappa shape index (κ1) is 23.9. The fourth-order valence-corrected chi connectivity index (χ4v) is 4.12. The molecule has 162 valence electrons. The highest BCUT2D eigenvalue weighted by molar-refractivity contribution is 9.10. The van der Waals surface area contributed by atoms with Gasteiger partial charge < -0.3 is 10.0 Å². The minimum absolute atomic E-state index is 0.104. The zero-order valence-electron chi connectivity index (χ0n) is 17.9. The van der Waals surface area contributed by atoms with Crippen LogP contribution >= 0.6 is 27.9 Å². The number of hydrogen-bond acceptors (Lipinski definition) is 6. The molecule has 2 amide bonds. The first-order valence-electron chi connectivity index (χ1n) is 9.68. The van der Waals surface area contributed by atoms with Gasteiger partial charge in [-0.2, -0.15) is 0 Å². The van der Waals surface area contributed by atoms with Crippen LogP contribution in [0.25, 0.3) is 5.65 Å². The van der Waals surface area contributed by atoms with Crippen molar-refractivity contribution in [2.75, 3.05) is 65.9 Å². The van der Waals surface area contributed by atoms with Crippen molar-refractivity contribution in [2.24, 2.45) is 0 Å². The summed E-state index contributed by atoms with van der Waals surface area (Å²) in [5.74, 6) is 0. The van der Waals surface area contributed by atoms with Crippen molar-refractivity contribution in [1.82, 2.24) is 19.0 Å². The molecule has 0 bridgehead atoms. The second kappa shape index (κ2) is 10.6. The molecule has 1 atom stereocenters. The third-order valence-electron chi connectivity index (χ3n) is 5.03. The van der Waals surface area contributed by atoms with Gasteiger partial charge in [-0.1, -0.05) is 0 Å². The van der Waals surface area contributed by atoms with Gasteiger partial charge >= 0.3 is 6.03 Å². The Kier molecular flexibility index (Phi) is 8.77. The number of carbonyl (C=O) groups excluding carboxylic acids is 1. The van der Waals surface area contributed by atoms with Crippen molar-refractivity contribution < 1.29 is 14.4 Å². The number of fused-ring (bicyclic) bond motifs is 1. The molecule has 0 spiro atoms. The quantitative estimate of drug-likeness (QED) is 0.305. The van der Waals surface area contributed by atoms with E-state index in [0.717, 1.165) is 40.5 Å². The highest BCUT2D eigenvalue weighted by Crippen LogP contribution is 2.29. The standard InChI is InChI=1S/C19H32BrN6O2S/c1-6-26(5,19(28)23(2)3)10-9-24(4)16-12-15(29-22-8-7-11-27)14-25-17(20)13-21-18(16)25/h12-14,22,27H,6-11H2,1-5H3/q+1. The van der Waals surface area contributed by atoms with Crippen LogP contribution in [0.1, 0.15) is 13.3 Å². The zero-order valence-corrected chi connectivity index (χ0v) is 20.3. The maximum absolute atomic E-state index is 12.6. The molecule has 0 aliphatic heterocycles. The van der Waals surface area contributed by atoms with Crippen molar-refractivity contribution in [3.05, 3.63) is 23.1 Å². The maximum Gasteiger partial charge on any atom is 0.418 e. The van der Waals surface area contributed by atoms with Gasteiger partial charge in [0.25, 0.3) is 0 Å². The summed E-state index contributed by atoms with van der Waals surface area (Å²) in [7, 11) is 7.61. The summed E-state index contributed by atoms with van der Waals surface area (Å²) in [4.78, 5) is 22.0. The second-order valence-corrected chi connectivity index (χ2v) is 9.22. The molecule has 0 radical (unpaired) electrons. The maximum atomic E-state index is 12.6. The number of likely N-dealkylation sites (N-methyl/N-ethyl adjacent to an activating group) is 2. The smallest absolute Gasteiger partial charge is 0.396 e. The molecular weight excluding hydrogens is 456 g/mol. The third kappa shape index (κ3) is 5.85. The summed E-state index contributed by atoms with van der Waals surface area (Å²) in [6.45, 7) is 5.10. The molecular formula is C19H32BrN6O2S+. The minimum atomic E-state index is 0.104. The van der Waals surface area contributed by atoms with Crippen LogP contribution < -0.4 is 9.62 Å². The van der Waals surface area contributed by atoms with Crippen molar-refractivity contribution in [2.45, 2.75) is 18.2 Å². The van der Waals surface area contributed by atoms with Gasteiger partial charge in [0, 0.05) is 45.4 Å². The Balaban J connectivity index is 2.22. The number of rotatable bonds is 10. The Hall–Kier alpha value is -1.33. The summed E-state index contributed by atoms with van der Waals surface area (Å²) in [6, 6.07) is 2.21. The average Bonchev–Trinajstić information content (AvgIpc) is 3.08. The van der Waals surface area contributed by atoms with Gasteiger partial charge in [0.2, 0.25) is 0 Å². The summed E-state index contributed by atoms with van der Waals surface area (Å²) < 4.78 is 6.52. The molecule has 29 heavy (non-hydrogen) atoms. The average molecular weight is 488 g/mol. The van der Waals surface area contributed by atoms with Crippen LogP contribution in [0, 0.1) is 0 Å². The number of nitrogens with one attached hydrogen (secondary N) is 1. The molecule has 10 heteroatoms. The number of aromatic nitrogens is 2. The molecule has 2 aromatic heterocycles. The number of aliphatic hydroxyl groups is 1. The molecule has 0 saturated heterocycles. The summed E-state index contributed by atoms with van der Waals surface area (Å²) >= 11 is 5.09. The first-order valence-corrected chi connectivity index (χ1v) is 11.3. The van der Waals surface area contributed by atoms with E-state index < -0.39 is 0 Å². The van der Waals surface area contributed by atoms with Gasteiger partial charge in [-0.05, 0) is 47.3 Å². The van der Waals surface area contributed by atoms with Crippen LogP contribution in [-0.4, -0.2) is 90.9 Å². The molecule has 8 nitrogen and oxygen atoms in total. The summed E-state index contributed by atoms with van der Waals surface area (Å²) in [6.07, 6.45) is 4.54. The van der Waals surface area contributed by atoms with E-state index in [1.165, 1.54) is 11.9 Å². The monoisotopic (exact) mass is 487 g/mol. The van der Waals surface area contributed by atoms with Crippen LogP contribution in [0.4, 0.5) is 10.5 Å². The Morgan fingerprint density at radius 1 is 1.41 bits per heavy atom. The minimum Gasteiger partial charge on any atom is -0.396 e. The van der Waals surface area contributed by atoms with E-state index in [0.29, 0.717) is 17.4 Å². The number of anilines is 1.